The van der Waals surface area contributed by atoms with E-state index in [0.29, 0.717) is 0 Å². The van der Waals surface area contributed by atoms with Crippen molar-refractivity contribution in [2.75, 3.05) is 0 Å². The van der Waals surface area contributed by atoms with Crippen LogP contribution in [-0.2, 0) is 6.42 Å². The van der Waals surface area contributed by atoms with Gasteiger partial charge in [0.1, 0.15) is 0 Å². The highest BCUT2D eigenvalue weighted by molar-refractivity contribution is 7.25. The lowest BCUT2D eigenvalue weighted by atomic mass is 9.81. The van der Waals surface area contributed by atoms with Crippen LogP contribution in [0.25, 0.3) is 64.7 Å². The standard InChI is InChI=1S/C39H28S/c1-24-22-33-28-15-7-6-14-27(28)23-34(33)37(25(24)2)31-18-10-17-29(26-12-4-3-5-13-26)38(31)32-19-11-21-36-39(32)30-16-8-9-20-35(30)40-36/h3-22H,23H2,1-2H3. The van der Waals surface area contributed by atoms with E-state index in [1.807, 2.05) is 11.3 Å². The van der Waals surface area contributed by atoms with E-state index < -0.39 is 0 Å². The van der Waals surface area contributed by atoms with E-state index in [1.54, 1.807) is 0 Å². The number of hydrogen-bond acceptors (Lipinski definition) is 1. The van der Waals surface area contributed by atoms with Crippen LogP contribution in [0.3, 0.4) is 0 Å². The quantitative estimate of drug-likeness (QED) is 0.214. The van der Waals surface area contributed by atoms with Crippen LogP contribution >= 0.6 is 11.3 Å². The molecule has 0 unspecified atom stereocenters. The Morgan fingerprint density at radius 3 is 2.10 bits per heavy atom. The third-order valence-electron chi connectivity index (χ3n) is 8.72. The van der Waals surface area contributed by atoms with Gasteiger partial charge >= 0.3 is 0 Å². The van der Waals surface area contributed by atoms with E-state index in [4.69, 9.17) is 0 Å². The summed E-state index contributed by atoms with van der Waals surface area (Å²) in [6.45, 7) is 4.58. The Morgan fingerprint density at radius 2 is 1.20 bits per heavy atom. The number of fused-ring (bicyclic) bond motifs is 6. The molecule has 0 amide bonds. The smallest absolute Gasteiger partial charge is 0.0361 e. The molecule has 1 heteroatoms. The number of hydrogen-bond donors (Lipinski definition) is 0. The lowest BCUT2D eigenvalue weighted by molar-refractivity contribution is 1.23. The van der Waals surface area contributed by atoms with Gasteiger partial charge in [-0.2, -0.15) is 0 Å². The van der Waals surface area contributed by atoms with Crippen LogP contribution in [0.2, 0.25) is 0 Å². The topological polar surface area (TPSA) is 0 Å². The molecule has 0 atom stereocenters. The van der Waals surface area contributed by atoms with Crippen LogP contribution in [0.4, 0.5) is 0 Å². The van der Waals surface area contributed by atoms with Gasteiger partial charge in [0.15, 0.2) is 0 Å². The van der Waals surface area contributed by atoms with Crippen molar-refractivity contribution in [2.24, 2.45) is 0 Å². The summed E-state index contributed by atoms with van der Waals surface area (Å²) < 4.78 is 2.68. The molecule has 0 aliphatic heterocycles. The maximum atomic E-state index is 2.41. The zero-order valence-corrected chi connectivity index (χ0v) is 23.5. The average Bonchev–Trinajstić information content (AvgIpc) is 3.56. The number of aryl methyl sites for hydroxylation is 1. The van der Waals surface area contributed by atoms with Crippen LogP contribution in [0.1, 0.15) is 22.3 Å². The van der Waals surface area contributed by atoms with E-state index in [1.165, 1.54) is 86.9 Å². The van der Waals surface area contributed by atoms with E-state index in [9.17, 15) is 0 Å². The molecule has 0 spiro atoms. The van der Waals surface area contributed by atoms with Crippen LogP contribution in [0, 0.1) is 13.8 Å². The molecule has 0 nitrogen and oxygen atoms in total. The van der Waals surface area contributed by atoms with E-state index in [0.717, 1.165) is 6.42 Å². The summed E-state index contributed by atoms with van der Waals surface area (Å²) in [4.78, 5) is 0. The molecule has 0 N–H and O–H groups in total. The van der Waals surface area contributed by atoms with Crippen molar-refractivity contribution in [1.82, 2.24) is 0 Å². The van der Waals surface area contributed by atoms with E-state index in [-0.39, 0.29) is 0 Å². The fraction of sp³-hybridized carbons (Fsp3) is 0.0769. The van der Waals surface area contributed by atoms with E-state index in [2.05, 4.69) is 135 Å². The van der Waals surface area contributed by atoms with Gasteiger partial charge in [-0.3, -0.25) is 0 Å². The summed E-state index contributed by atoms with van der Waals surface area (Å²) in [5.41, 5.74) is 16.3. The first-order valence-corrected chi connectivity index (χ1v) is 14.8. The van der Waals surface area contributed by atoms with Crippen LogP contribution in [0.15, 0.2) is 121 Å². The van der Waals surface area contributed by atoms with E-state index >= 15 is 0 Å². The normalized spacial score (nSPS) is 12.2. The Labute approximate surface area is 239 Å². The summed E-state index contributed by atoms with van der Waals surface area (Å²) >= 11 is 1.89. The molecule has 0 bridgehead atoms. The minimum absolute atomic E-state index is 0.975. The minimum Gasteiger partial charge on any atom is -0.135 e. The Bertz CT molecular complexity index is 2090. The average molecular weight is 529 g/mol. The predicted molar refractivity (Wildman–Crippen MR) is 173 cm³/mol. The van der Waals surface area contributed by atoms with Gasteiger partial charge in [-0.05, 0) is 99.2 Å². The van der Waals surface area contributed by atoms with Gasteiger partial charge in [-0.25, -0.2) is 0 Å². The summed E-state index contributed by atoms with van der Waals surface area (Å²) in [6.07, 6.45) is 0.975. The first kappa shape index (κ1) is 23.4. The van der Waals surface area contributed by atoms with Gasteiger partial charge in [0.05, 0.1) is 0 Å². The minimum atomic E-state index is 0.975. The largest absolute Gasteiger partial charge is 0.135 e. The van der Waals surface area contributed by atoms with Gasteiger partial charge in [0.25, 0.3) is 0 Å². The zero-order valence-electron chi connectivity index (χ0n) is 22.7. The number of benzene rings is 6. The third kappa shape index (κ3) is 3.44. The molecule has 0 fully saturated rings. The lowest BCUT2D eigenvalue weighted by Gasteiger charge is -2.22. The Hall–Kier alpha value is -4.46. The second kappa shape index (κ2) is 9.05. The van der Waals surface area contributed by atoms with Gasteiger partial charge in [0, 0.05) is 20.2 Å². The SMILES string of the molecule is Cc1cc2c(c(-c3cccc(-c4ccccc4)c3-c3cccc4sc5ccccc5c34)c1C)Cc1ccccc1-2. The first-order chi connectivity index (χ1) is 19.7. The molecule has 1 heterocycles. The molecule has 1 aliphatic carbocycles. The Balaban J connectivity index is 1.52. The first-order valence-electron chi connectivity index (χ1n) is 14.0. The summed E-state index contributed by atoms with van der Waals surface area (Å²) in [5.74, 6) is 0. The molecule has 8 rings (SSSR count). The monoisotopic (exact) mass is 528 g/mol. The van der Waals surface area contributed by atoms with Crippen LogP contribution in [-0.4, -0.2) is 0 Å². The van der Waals surface area contributed by atoms with Crippen LogP contribution in [0.5, 0.6) is 0 Å². The molecule has 0 saturated carbocycles. The second-order valence-corrected chi connectivity index (χ2v) is 12.0. The van der Waals surface area contributed by atoms with Gasteiger partial charge in [-0.15, -0.1) is 11.3 Å². The molecule has 190 valence electrons. The molecule has 0 radical (unpaired) electrons. The van der Waals surface area contributed by atoms with Crippen molar-refractivity contribution in [3.8, 4) is 44.5 Å². The van der Waals surface area contributed by atoms with Gasteiger partial charge < -0.3 is 0 Å². The Kier molecular flexibility index (Phi) is 5.30. The van der Waals surface area contributed by atoms with Crippen molar-refractivity contribution in [1.29, 1.82) is 0 Å². The van der Waals surface area contributed by atoms with Crippen molar-refractivity contribution in [3.05, 3.63) is 144 Å². The summed E-state index contributed by atoms with van der Waals surface area (Å²) in [7, 11) is 0. The summed E-state index contributed by atoms with van der Waals surface area (Å²) in [5, 5.41) is 2.70. The molecule has 1 aromatic heterocycles. The van der Waals surface area contributed by atoms with Crippen molar-refractivity contribution in [2.45, 2.75) is 20.3 Å². The maximum Gasteiger partial charge on any atom is 0.0361 e. The molecular formula is C39H28S. The molecule has 0 saturated heterocycles. The fourth-order valence-corrected chi connectivity index (χ4v) is 7.91. The molecule has 7 aromatic rings. The lowest BCUT2D eigenvalue weighted by Crippen LogP contribution is -1.98. The highest BCUT2D eigenvalue weighted by atomic mass is 32.1. The number of thiophene rings is 1. The molecule has 1 aliphatic rings. The number of rotatable bonds is 3. The fourth-order valence-electron chi connectivity index (χ4n) is 6.78. The second-order valence-electron chi connectivity index (χ2n) is 10.9. The highest BCUT2D eigenvalue weighted by Crippen LogP contribution is 2.50. The van der Waals surface area contributed by atoms with Gasteiger partial charge in [0.2, 0.25) is 0 Å². The molecular weight excluding hydrogens is 500 g/mol. The zero-order chi connectivity index (χ0) is 26.8. The summed E-state index contributed by atoms with van der Waals surface area (Å²) in [6, 6.07) is 44.9. The van der Waals surface area contributed by atoms with Gasteiger partial charge in [-0.1, -0.05) is 109 Å². The van der Waals surface area contributed by atoms with Crippen LogP contribution < -0.4 is 0 Å². The molecule has 40 heavy (non-hydrogen) atoms. The molecule has 6 aromatic carbocycles. The highest BCUT2D eigenvalue weighted by Gasteiger charge is 2.27. The maximum absolute atomic E-state index is 2.41. The van der Waals surface area contributed by atoms with Crippen molar-refractivity contribution >= 4 is 31.5 Å². The third-order valence-corrected chi connectivity index (χ3v) is 9.86. The predicted octanol–water partition coefficient (Wildman–Crippen LogP) is 11.2. The Morgan fingerprint density at radius 1 is 0.525 bits per heavy atom. The van der Waals surface area contributed by atoms with Crippen molar-refractivity contribution < 1.29 is 0 Å². The van der Waals surface area contributed by atoms with Crippen molar-refractivity contribution in [3.63, 3.8) is 0 Å².